The molecule has 0 saturated heterocycles. The molecule has 0 aliphatic heterocycles. The van der Waals surface area contributed by atoms with Crippen LogP contribution in [0.4, 0.5) is 0 Å². The number of ether oxygens (including phenoxy) is 2. The molecule has 3 unspecified atom stereocenters. The Morgan fingerprint density at radius 2 is 2.09 bits per heavy atom. The molecule has 8 heteroatoms. The number of aliphatic hydroxyl groups excluding tert-OH is 5. The lowest BCUT2D eigenvalue weighted by Crippen LogP contribution is -2.40. The van der Waals surface area contributed by atoms with Crippen LogP contribution in [-0.2, 0) is 14.3 Å². The highest BCUT2D eigenvalue weighted by Gasteiger charge is 2.23. The van der Waals surface area contributed by atoms with E-state index in [2.05, 4.69) is 0 Å². The van der Waals surface area contributed by atoms with Gasteiger partial charge in [-0.15, -0.1) is 0 Å². The number of hydrogen-bond donors (Lipinski definition) is 5. The van der Waals surface area contributed by atoms with Crippen molar-refractivity contribution in [2.45, 2.75) is 31.7 Å². The van der Waals surface area contributed by atoms with Crippen LogP contribution in [0.5, 0.6) is 0 Å². The van der Waals surface area contributed by atoms with Gasteiger partial charge in [-0.3, -0.25) is 0 Å². The first-order valence-electron chi connectivity index (χ1n) is 7.09. The first-order chi connectivity index (χ1) is 10.8. The zero-order valence-electron chi connectivity index (χ0n) is 12.7. The van der Waals surface area contributed by atoms with Crippen LogP contribution in [0.25, 0.3) is 0 Å². The minimum absolute atomic E-state index is 0.197. The minimum atomic E-state index is -1.30. The van der Waals surface area contributed by atoms with Gasteiger partial charge in [0.2, 0.25) is 0 Å². The van der Waals surface area contributed by atoms with Gasteiger partial charge in [0.15, 0.2) is 18.3 Å². The van der Waals surface area contributed by atoms with E-state index in [1.807, 2.05) is 0 Å². The van der Waals surface area contributed by atoms with Gasteiger partial charge in [0.05, 0.1) is 12.7 Å². The predicted octanol–water partition coefficient (Wildman–Crippen LogP) is 0.0662. The summed E-state index contributed by atoms with van der Waals surface area (Å²) in [5.41, 5.74) is 0. The Morgan fingerprint density at radius 3 is 2.65 bits per heavy atom. The van der Waals surface area contributed by atoms with Gasteiger partial charge < -0.3 is 35.0 Å². The van der Waals surface area contributed by atoms with Crippen LogP contribution in [0.15, 0.2) is 35.8 Å². The molecule has 0 spiro atoms. The largest absolute Gasteiger partial charge is 0.504 e. The second-order valence-electron chi connectivity index (χ2n) is 5.10. The molecule has 1 rings (SSSR count). The summed E-state index contributed by atoms with van der Waals surface area (Å²) in [4.78, 5) is 11.5. The Kier molecular flexibility index (Phi) is 7.76. The van der Waals surface area contributed by atoms with Crippen molar-refractivity contribution in [2.24, 2.45) is 5.92 Å². The summed E-state index contributed by atoms with van der Waals surface area (Å²) in [6.45, 7) is 0.302. The molecule has 0 fully saturated rings. The van der Waals surface area contributed by atoms with Crippen molar-refractivity contribution in [1.29, 1.82) is 0 Å². The van der Waals surface area contributed by atoms with E-state index in [1.165, 1.54) is 25.2 Å². The zero-order valence-corrected chi connectivity index (χ0v) is 12.7. The van der Waals surface area contributed by atoms with E-state index in [-0.39, 0.29) is 17.4 Å². The third-order valence-electron chi connectivity index (χ3n) is 3.24. The van der Waals surface area contributed by atoms with Crippen LogP contribution >= 0.6 is 0 Å². The van der Waals surface area contributed by atoms with Crippen LogP contribution in [0, 0.1) is 5.92 Å². The molecule has 0 aromatic carbocycles. The maximum atomic E-state index is 11.5. The third-order valence-corrected chi connectivity index (χ3v) is 3.24. The molecule has 8 nitrogen and oxygen atoms in total. The number of carbonyl (C=O) groups excluding carboxylic acids is 1. The molecule has 1 aliphatic carbocycles. The molecular formula is C15H22O8. The molecule has 0 aromatic heterocycles. The molecule has 4 atom stereocenters. The Labute approximate surface area is 133 Å². The molecule has 23 heavy (non-hydrogen) atoms. The molecule has 0 amide bonds. The van der Waals surface area contributed by atoms with Crippen molar-refractivity contribution in [3.8, 4) is 0 Å². The highest BCUT2D eigenvalue weighted by atomic mass is 16.7. The maximum absolute atomic E-state index is 11.5. The number of hydrogen-bond acceptors (Lipinski definition) is 8. The monoisotopic (exact) mass is 330 g/mol. The molecule has 130 valence electrons. The van der Waals surface area contributed by atoms with Crippen molar-refractivity contribution in [3.63, 3.8) is 0 Å². The Balaban J connectivity index is 2.36. The lowest BCUT2D eigenvalue weighted by molar-refractivity contribution is -0.171. The van der Waals surface area contributed by atoms with E-state index in [0.29, 0.717) is 6.42 Å². The first kappa shape index (κ1) is 19.2. The smallest absolute Gasteiger partial charge is 0.332 e. The summed E-state index contributed by atoms with van der Waals surface area (Å²) in [5, 5.41) is 46.3. The minimum Gasteiger partial charge on any atom is -0.504 e. The number of carbonyl (C=O) groups is 1. The summed E-state index contributed by atoms with van der Waals surface area (Å²) < 4.78 is 9.72. The topological polar surface area (TPSA) is 137 Å². The number of allylic oxidation sites excluding steroid dienone is 3. The average molecular weight is 330 g/mol. The normalized spacial score (nSPS) is 22.2. The highest BCUT2D eigenvalue weighted by Crippen LogP contribution is 2.20. The number of aliphatic hydroxyl groups is 5. The summed E-state index contributed by atoms with van der Waals surface area (Å²) in [5.74, 6) is -1.40. The second kappa shape index (κ2) is 9.31. The number of rotatable bonds is 8. The first-order valence-corrected chi connectivity index (χ1v) is 7.09. The van der Waals surface area contributed by atoms with Crippen molar-refractivity contribution in [2.75, 3.05) is 13.4 Å². The Bertz CT molecular complexity index is 480. The quantitative estimate of drug-likeness (QED) is 0.239. The van der Waals surface area contributed by atoms with Gasteiger partial charge in [0, 0.05) is 12.0 Å². The predicted molar refractivity (Wildman–Crippen MR) is 79.3 cm³/mol. The summed E-state index contributed by atoms with van der Waals surface area (Å²) >= 11 is 0. The van der Waals surface area contributed by atoms with Gasteiger partial charge in [-0.2, -0.15) is 0 Å². The van der Waals surface area contributed by atoms with E-state index < -0.39 is 37.7 Å². The molecule has 0 saturated carbocycles. The van der Waals surface area contributed by atoms with Crippen LogP contribution in [0.1, 0.15) is 13.3 Å². The molecule has 0 aromatic rings. The summed E-state index contributed by atoms with van der Waals surface area (Å²) in [7, 11) is 0. The van der Waals surface area contributed by atoms with Gasteiger partial charge in [-0.1, -0.05) is 6.08 Å². The lowest BCUT2D eigenvalue weighted by Gasteiger charge is -2.22. The highest BCUT2D eigenvalue weighted by molar-refractivity contribution is 5.81. The molecule has 5 N–H and O–H groups in total. The second-order valence-corrected chi connectivity index (χ2v) is 5.10. The lowest BCUT2D eigenvalue weighted by atomic mass is 9.98. The average Bonchev–Trinajstić information content (AvgIpc) is 2.52. The molecule has 0 bridgehead atoms. The fraction of sp³-hybridized carbons (Fsp3) is 0.533. The van der Waals surface area contributed by atoms with Crippen molar-refractivity contribution in [3.05, 3.63) is 35.8 Å². The van der Waals surface area contributed by atoms with Crippen LogP contribution in [0.2, 0.25) is 0 Å². The van der Waals surface area contributed by atoms with Gasteiger partial charge in [-0.05, 0) is 25.5 Å². The summed E-state index contributed by atoms with van der Waals surface area (Å²) in [6.07, 6.45) is 2.44. The summed E-state index contributed by atoms with van der Waals surface area (Å²) in [6, 6.07) is 0. The molecule has 0 heterocycles. The number of esters is 1. The van der Waals surface area contributed by atoms with E-state index in [0.717, 1.165) is 6.08 Å². The molecule has 0 radical (unpaired) electrons. The van der Waals surface area contributed by atoms with Crippen LogP contribution < -0.4 is 0 Å². The fourth-order valence-corrected chi connectivity index (χ4v) is 1.84. The Hall–Kier alpha value is -1.87. The van der Waals surface area contributed by atoms with Gasteiger partial charge in [0.25, 0.3) is 0 Å². The van der Waals surface area contributed by atoms with Crippen LogP contribution in [-0.4, -0.2) is 63.2 Å². The van der Waals surface area contributed by atoms with Gasteiger partial charge >= 0.3 is 5.97 Å². The maximum Gasteiger partial charge on any atom is 0.332 e. The van der Waals surface area contributed by atoms with Gasteiger partial charge in [-0.25, -0.2) is 4.79 Å². The standard InChI is InChI=1S/C15H22O8/c1-9(17)15(21)13(7-16)22-8-23-14(20)5-3-10-2-4-11(18)12(19)6-10/h3-6,9-10,13,15-19,21H,2,7-8H2,1H3/b5-3+/t9?,10?,13?,15-/m0/s1. The van der Waals surface area contributed by atoms with Crippen molar-refractivity contribution in [1.82, 2.24) is 0 Å². The van der Waals surface area contributed by atoms with E-state index in [4.69, 9.17) is 14.6 Å². The van der Waals surface area contributed by atoms with Gasteiger partial charge in [0.1, 0.15) is 12.2 Å². The van der Waals surface area contributed by atoms with E-state index in [9.17, 15) is 25.2 Å². The SMILES string of the molecule is CC(O)[C@H](O)C(CO)OCOC(=O)/C=C/C1C=C(O)C(O)=CC1. The van der Waals surface area contributed by atoms with Crippen molar-refractivity contribution < 1.29 is 39.8 Å². The molecular weight excluding hydrogens is 308 g/mol. The zero-order chi connectivity index (χ0) is 17.4. The Morgan fingerprint density at radius 1 is 1.39 bits per heavy atom. The fourth-order valence-electron chi connectivity index (χ4n) is 1.84. The third kappa shape index (κ3) is 6.41. The molecule has 1 aliphatic rings. The van der Waals surface area contributed by atoms with E-state index >= 15 is 0 Å². The van der Waals surface area contributed by atoms with Crippen LogP contribution in [0.3, 0.4) is 0 Å². The van der Waals surface area contributed by atoms with E-state index in [1.54, 1.807) is 0 Å². The van der Waals surface area contributed by atoms with Crippen molar-refractivity contribution >= 4 is 5.97 Å².